The molecular formula is C16H22N4O3S. The average molecular weight is 350 g/mol. The summed E-state index contributed by atoms with van der Waals surface area (Å²) in [7, 11) is 0. The van der Waals surface area contributed by atoms with Gasteiger partial charge in [0.05, 0.1) is 6.54 Å². The number of thiophene rings is 1. The van der Waals surface area contributed by atoms with Gasteiger partial charge in [0.15, 0.2) is 0 Å². The molecule has 0 radical (unpaired) electrons. The van der Waals surface area contributed by atoms with Crippen molar-refractivity contribution >= 4 is 29.2 Å². The van der Waals surface area contributed by atoms with Gasteiger partial charge in [-0.05, 0) is 24.3 Å². The molecule has 0 saturated carbocycles. The highest BCUT2D eigenvalue weighted by Gasteiger charge is 2.23. The molecule has 0 bridgehead atoms. The van der Waals surface area contributed by atoms with Gasteiger partial charge in [-0.3, -0.25) is 19.8 Å². The number of nitrogens with zero attached hydrogens (tertiary/aromatic N) is 1. The van der Waals surface area contributed by atoms with Crippen molar-refractivity contribution in [3.8, 4) is 0 Å². The van der Waals surface area contributed by atoms with Crippen molar-refractivity contribution in [3.63, 3.8) is 0 Å². The van der Waals surface area contributed by atoms with E-state index >= 15 is 0 Å². The number of hydrogen-bond acceptors (Lipinski definition) is 5. The number of hydrogen-bond donors (Lipinski definition) is 3. The van der Waals surface area contributed by atoms with E-state index in [1.165, 1.54) is 11.3 Å². The smallest absolute Gasteiger partial charge is 0.321 e. The summed E-state index contributed by atoms with van der Waals surface area (Å²) in [6.45, 7) is 5.38. The molecule has 130 valence electrons. The molecule has 3 N–H and O–H groups in total. The lowest BCUT2D eigenvalue weighted by molar-refractivity contribution is -0.121. The highest BCUT2D eigenvalue weighted by molar-refractivity contribution is 7.08. The summed E-state index contributed by atoms with van der Waals surface area (Å²) in [5.74, 6) is -0.386. The van der Waals surface area contributed by atoms with E-state index in [0.29, 0.717) is 25.2 Å². The Bertz CT molecular complexity index is 580. The van der Waals surface area contributed by atoms with Crippen molar-refractivity contribution in [1.82, 2.24) is 20.9 Å². The lowest BCUT2D eigenvalue weighted by atomic mass is 10.0. The summed E-state index contributed by atoms with van der Waals surface area (Å²) in [6.07, 6.45) is 3.11. The normalized spacial score (nSPS) is 15.5. The number of rotatable bonds is 6. The fraction of sp³-hybridized carbons (Fsp3) is 0.438. The molecule has 7 nitrogen and oxygen atoms in total. The van der Waals surface area contributed by atoms with Gasteiger partial charge >= 0.3 is 6.03 Å². The van der Waals surface area contributed by atoms with Crippen LogP contribution in [0, 0.1) is 0 Å². The van der Waals surface area contributed by atoms with Crippen LogP contribution in [0.15, 0.2) is 29.5 Å². The Kier molecular flexibility index (Phi) is 6.95. The van der Waals surface area contributed by atoms with Crippen molar-refractivity contribution in [2.24, 2.45) is 0 Å². The van der Waals surface area contributed by atoms with Gasteiger partial charge in [0, 0.05) is 36.6 Å². The first-order valence-electron chi connectivity index (χ1n) is 7.82. The molecule has 24 heavy (non-hydrogen) atoms. The van der Waals surface area contributed by atoms with Gasteiger partial charge in [0.25, 0.3) is 5.91 Å². The summed E-state index contributed by atoms with van der Waals surface area (Å²) >= 11 is 1.50. The summed E-state index contributed by atoms with van der Waals surface area (Å²) in [5.41, 5.74) is 0.687. The van der Waals surface area contributed by atoms with Crippen LogP contribution in [-0.4, -0.2) is 55.0 Å². The Morgan fingerprint density at radius 3 is 2.71 bits per heavy atom. The summed E-state index contributed by atoms with van der Waals surface area (Å²) in [4.78, 5) is 37.2. The van der Waals surface area contributed by atoms with Crippen LogP contribution in [0.1, 0.15) is 23.2 Å². The van der Waals surface area contributed by atoms with E-state index in [1.807, 2.05) is 15.7 Å². The molecule has 2 rings (SSSR count). The number of nitrogens with one attached hydrogen (secondary N) is 3. The third-order valence-electron chi connectivity index (χ3n) is 3.73. The fourth-order valence-electron chi connectivity index (χ4n) is 2.48. The van der Waals surface area contributed by atoms with Crippen LogP contribution in [-0.2, 0) is 4.79 Å². The van der Waals surface area contributed by atoms with Crippen LogP contribution in [0.5, 0.6) is 0 Å². The van der Waals surface area contributed by atoms with E-state index in [0.717, 1.165) is 12.8 Å². The molecule has 1 fully saturated rings. The molecule has 8 heteroatoms. The Labute approximate surface area is 145 Å². The maximum absolute atomic E-state index is 12.0. The van der Waals surface area contributed by atoms with Crippen LogP contribution >= 0.6 is 11.3 Å². The molecule has 0 atom stereocenters. The minimum Gasteiger partial charge on any atom is -0.349 e. The van der Waals surface area contributed by atoms with Gasteiger partial charge in [-0.1, -0.05) is 6.08 Å². The van der Waals surface area contributed by atoms with Crippen molar-refractivity contribution in [3.05, 3.63) is 35.0 Å². The van der Waals surface area contributed by atoms with Crippen molar-refractivity contribution in [2.45, 2.75) is 18.9 Å². The van der Waals surface area contributed by atoms with Crippen molar-refractivity contribution < 1.29 is 14.4 Å². The van der Waals surface area contributed by atoms with Gasteiger partial charge in [0.1, 0.15) is 0 Å². The molecule has 4 amide bonds. The molecule has 0 spiro atoms. The van der Waals surface area contributed by atoms with Gasteiger partial charge in [-0.15, -0.1) is 6.58 Å². The van der Waals surface area contributed by atoms with E-state index < -0.39 is 6.03 Å². The Morgan fingerprint density at radius 1 is 1.33 bits per heavy atom. The van der Waals surface area contributed by atoms with Crippen LogP contribution in [0.4, 0.5) is 4.79 Å². The monoisotopic (exact) mass is 350 g/mol. The molecular weight excluding hydrogens is 328 g/mol. The van der Waals surface area contributed by atoms with Gasteiger partial charge in [-0.2, -0.15) is 11.3 Å². The topological polar surface area (TPSA) is 90.5 Å². The second-order valence-electron chi connectivity index (χ2n) is 5.58. The number of carbonyl (C=O) groups is 3. The molecule has 1 saturated heterocycles. The number of likely N-dealkylation sites (tertiary alicyclic amines) is 1. The standard InChI is InChI=1S/C16H22N4O3S/c1-2-6-17-16(23)19-14(21)10-20-7-3-13(4-8-20)18-15(22)12-5-9-24-11-12/h2,5,9,11,13H,1,3-4,6-8,10H2,(H,18,22)(H2,17,19,21,23). The lowest BCUT2D eigenvalue weighted by Gasteiger charge is -2.31. The zero-order valence-electron chi connectivity index (χ0n) is 13.4. The molecule has 0 aliphatic carbocycles. The van der Waals surface area contributed by atoms with E-state index in [1.54, 1.807) is 12.1 Å². The first-order valence-corrected chi connectivity index (χ1v) is 8.76. The van der Waals surface area contributed by atoms with Gasteiger partial charge in [-0.25, -0.2) is 4.79 Å². The number of urea groups is 1. The predicted octanol–water partition coefficient (Wildman–Crippen LogP) is 0.954. The first-order chi connectivity index (χ1) is 11.6. The molecule has 1 aliphatic rings. The minimum absolute atomic E-state index is 0.0497. The van der Waals surface area contributed by atoms with Crippen LogP contribution in [0.2, 0.25) is 0 Å². The summed E-state index contributed by atoms with van der Waals surface area (Å²) in [6, 6.07) is 1.40. The largest absolute Gasteiger partial charge is 0.349 e. The average Bonchev–Trinajstić information content (AvgIpc) is 3.09. The highest BCUT2D eigenvalue weighted by atomic mass is 32.1. The number of carbonyl (C=O) groups excluding carboxylic acids is 3. The van der Waals surface area contributed by atoms with Crippen molar-refractivity contribution in [1.29, 1.82) is 0 Å². The minimum atomic E-state index is -0.516. The predicted molar refractivity (Wildman–Crippen MR) is 93.0 cm³/mol. The fourth-order valence-corrected chi connectivity index (χ4v) is 3.11. The van der Waals surface area contributed by atoms with Crippen molar-refractivity contribution in [2.75, 3.05) is 26.2 Å². The number of piperidine rings is 1. The Hall–Kier alpha value is -2.19. The van der Waals surface area contributed by atoms with E-state index in [2.05, 4.69) is 22.5 Å². The quantitative estimate of drug-likeness (QED) is 0.667. The molecule has 0 aromatic carbocycles. The number of imide groups is 1. The molecule has 1 aromatic rings. The Balaban J connectivity index is 1.67. The highest BCUT2D eigenvalue weighted by Crippen LogP contribution is 2.12. The molecule has 1 aromatic heterocycles. The van der Waals surface area contributed by atoms with E-state index in [9.17, 15) is 14.4 Å². The van der Waals surface area contributed by atoms with Crippen LogP contribution in [0.3, 0.4) is 0 Å². The third kappa shape index (κ3) is 5.78. The van der Waals surface area contributed by atoms with E-state index in [-0.39, 0.29) is 24.4 Å². The SMILES string of the molecule is C=CCNC(=O)NC(=O)CN1CCC(NC(=O)c2ccsc2)CC1. The molecule has 1 aliphatic heterocycles. The summed E-state index contributed by atoms with van der Waals surface area (Å²) < 4.78 is 0. The molecule has 2 heterocycles. The van der Waals surface area contributed by atoms with E-state index in [4.69, 9.17) is 0 Å². The third-order valence-corrected chi connectivity index (χ3v) is 4.42. The lowest BCUT2D eigenvalue weighted by Crippen LogP contribution is -2.49. The maximum atomic E-state index is 12.0. The zero-order chi connectivity index (χ0) is 17.4. The second kappa shape index (κ2) is 9.19. The number of amides is 4. The molecule has 0 unspecified atom stereocenters. The second-order valence-corrected chi connectivity index (χ2v) is 6.36. The Morgan fingerprint density at radius 2 is 2.08 bits per heavy atom. The van der Waals surface area contributed by atoms with Crippen LogP contribution < -0.4 is 16.0 Å². The van der Waals surface area contributed by atoms with Gasteiger partial charge < -0.3 is 10.6 Å². The zero-order valence-corrected chi connectivity index (χ0v) is 14.2. The summed E-state index contributed by atoms with van der Waals surface area (Å²) in [5, 5.41) is 11.5. The maximum Gasteiger partial charge on any atom is 0.321 e. The van der Waals surface area contributed by atoms with Crippen LogP contribution in [0.25, 0.3) is 0 Å². The first kappa shape index (κ1) is 18.2. The van der Waals surface area contributed by atoms with Gasteiger partial charge in [0.2, 0.25) is 5.91 Å².